The highest BCUT2D eigenvalue weighted by Crippen LogP contribution is 2.14. The van der Waals surface area contributed by atoms with E-state index in [1.807, 2.05) is 13.0 Å². The highest BCUT2D eigenvalue weighted by atomic mass is 16.5. The fourth-order valence-electron chi connectivity index (χ4n) is 1.46. The van der Waals surface area contributed by atoms with Crippen molar-refractivity contribution in [2.45, 2.75) is 13.3 Å². The molecule has 1 rings (SSSR count). The molecule has 0 bridgehead atoms. The van der Waals surface area contributed by atoms with Crippen LogP contribution >= 0.6 is 0 Å². The lowest BCUT2D eigenvalue weighted by molar-refractivity contribution is 0.0705. The molecule has 1 N–H and O–H groups in total. The highest BCUT2D eigenvalue weighted by Gasteiger charge is 2.04. The van der Waals surface area contributed by atoms with Gasteiger partial charge in [-0.2, -0.15) is 5.26 Å². The van der Waals surface area contributed by atoms with E-state index in [4.69, 9.17) is 14.7 Å². The van der Waals surface area contributed by atoms with Gasteiger partial charge in [0.15, 0.2) is 0 Å². The summed E-state index contributed by atoms with van der Waals surface area (Å²) in [6, 6.07) is 3.99. The summed E-state index contributed by atoms with van der Waals surface area (Å²) in [6.45, 7) is 4.54. The number of nitrogens with one attached hydrogen (secondary N) is 1. The normalized spacial score (nSPS) is 10.1. The molecule has 0 aromatic carbocycles. The van der Waals surface area contributed by atoms with Gasteiger partial charge in [-0.25, -0.2) is 4.98 Å². The standard InChI is InChI=1S/C13H19N3O2/c1-11-4-6-16-13(12(11)10-14)15-5-3-7-18-9-8-17-2/h4,6H,3,5,7-9H2,1-2H3,(H,15,16). The Morgan fingerprint density at radius 2 is 2.22 bits per heavy atom. The number of ether oxygens (including phenoxy) is 2. The van der Waals surface area contributed by atoms with Crippen molar-refractivity contribution in [3.05, 3.63) is 23.4 Å². The summed E-state index contributed by atoms with van der Waals surface area (Å²) in [5, 5.41) is 12.2. The molecule has 1 aromatic heterocycles. The van der Waals surface area contributed by atoms with Crippen LogP contribution in [0.1, 0.15) is 17.5 Å². The van der Waals surface area contributed by atoms with E-state index in [0.29, 0.717) is 31.2 Å². The van der Waals surface area contributed by atoms with Gasteiger partial charge in [0.2, 0.25) is 0 Å². The van der Waals surface area contributed by atoms with E-state index >= 15 is 0 Å². The Balaban J connectivity index is 2.28. The summed E-state index contributed by atoms with van der Waals surface area (Å²) in [6.07, 6.45) is 2.57. The van der Waals surface area contributed by atoms with Gasteiger partial charge in [0.25, 0.3) is 0 Å². The van der Waals surface area contributed by atoms with Gasteiger partial charge in [-0.05, 0) is 25.0 Å². The summed E-state index contributed by atoms with van der Waals surface area (Å²) in [5.74, 6) is 0.648. The Labute approximate surface area is 108 Å². The first-order valence-electron chi connectivity index (χ1n) is 5.96. The van der Waals surface area contributed by atoms with Crippen LogP contribution in [0.3, 0.4) is 0 Å². The fourth-order valence-corrected chi connectivity index (χ4v) is 1.46. The first-order valence-corrected chi connectivity index (χ1v) is 5.96. The maximum Gasteiger partial charge on any atom is 0.144 e. The third-order valence-electron chi connectivity index (χ3n) is 2.46. The minimum absolute atomic E-state index is 0.609. The van der Waals surface area contributed by atoms with Crippen LogP contribution in [0.4, 0.5) is 5.82 Å². The molecule has 0 amide bonds. The molecule has 0 saturated carbocycles. The predicted molar refractivity (Wildman–Crippen MR) is 69.5 cm³/mol. The van der Waals surface area contributed by atoms with Crippen LogP contribution in [0.2, 0.25) is 0 Å². The molecule has 0 aliphatic heterocycles. The van der Waals surface area contributed by atoms with E-state index in [1.54, 1.807) is 13.3 Å². The number of nitrogens with zero attached hydrogens (tertiary/aromatic N) is 2. The zero-order valence-electron chi connectivity index (χ0n) is 10.9. The van der Waals surface area contributed by atoms with Gasteiger partial charge in [0.1, 0.15) is 11.9 Å². The molecule has 18 heavy (non-hydrogen) atoms. The minimum Gasteiger partial charge on any atom is -0.382 e. The SMILES string of the molecule is COCCOCCCNc1nccc(C)c1C#N. The topological polar surface area (TPSA) is 67.2 Å². The zero-order valence-corrected chi connectivity index (χ0v) is 10.9. The summed E-state index contributed by atoms with van der Waals surface area (Å²) in [5.41, 5.74) is 1.55. The van der Waals surface area contributed by atoms with Crippen molar-refractivity contribution in [3.63, 3.8) is 0 Å². The lowest BCUT2D eigenvalue weighted by Gasteiger charge is -2.08. The zero-order chi connectivity index (χ0) is 13.2. The molecule has 1 heterocycles. The van der Waals surface area contributed by atoms with Gasteiger partial charge < -0.3 is 14.8 Å². The first kappa shape index (κ1) is 14.4. The molecule has 0 spiro atoms. The molecule has 5 nitrogen and oxygen atoms in total. The minimum atomic E-state index is 0.609. The average Bonchev–Trinajstić information content (AvgIpc) is 2.38. The van der Waals surface area contributed by atoms with Crippen LogP contribution in [0.25, 0.3) is 0 Å². The second-order valence-electron chi connectivity index (χ2n) is 3.85. The molecule has 0 fully saturated rings. The van der Waals surface area contributed by atoms with Crippen LogP contribution < -0.4 is 5.32 Å². The van der Waals surface area contributed by atoms with Gasteiger partial charge in [-0.15, -0.1) is 0 Å². The summed E-state index contributed by atoms with van der Waals surface area (Å²) >= 11 is 0. The van der Waals surface area contributed by atoms with E-state index in [9.17, 15) is 0 Å². The van der Waals surface area contributed by atoms with E-state index < -0.39 is 0 Å². The number of anilines is 1. The van der Waals surface area contributed by atoms with E-state index in [2.05, 4.69) is 16.4 Å². The van der Waals surface area contributed by atoms with Crippen molar-refractivity contribution in [2.24, 2.45) is 0 Å². The lowest BCUT2D eigenvalue weighted by atomic mass is 10.1. The largest absolute Gasteiger partial charge is 0.382 e. The monoisotopic (exact) mass is 249 g/mol. The molecule has 0 atom stereocenters. The van der Waals surface area contributed by atoms with Crippen molar-refractivity contribution in [2.75, 3.05) is 38.8 Å². The molecule has 0 radical (unpaired) electrons. The van der Waals surface area contributed by atoms with Gasteiger partial charge >= 0.3 is 0 Å². The molecule has 1 aromatic rings. The third-order valence-corrected chi connectivity index (χ3v) is 2.46. The Hall–Kier alpha value is -1.64. The summed E-state index contributed by atoms with van der Waals surface area (Å²) < 4.78 is 10.2. The maximum atomic E-state index is 9.03. The van der Waals surface area contributed by atoms with Crippen molar-refractivity contribution in [3.8, 4) is 6.07 Å². The van der Waals surface area contributed by atoms with Crippen molar-refractivity contribution < 1.29 is 9.47 Å². The molecule has 98 valence electrons. The maximum absolute atomic E-state index is 9.03. The quantitative estimate of drug-likeness (QED) is 0.711. The number of hydrogen-bond acceptors (Lipinski definition) is 5. The average molecular weight is 249 g/mol. The lowest BCUT2D eigenvalue weighted by Crippen LogP contribution is -2.10. The van der Waals surface area contributed by atoms with Crippen molar-refractivity contribution in [1.29, 1.82) is 5.26 Å². The highest BCUT2D eigenvalue weighted by molar-refractivity contribution is 5.55. The number of aromatic nitrogens is 1. The number of nitriles is 1. The predicted octanol–water partition coefficient (Wildman–Crippen LogP) is 1.73. The Morgan fingerprint density at radius 1 is 1.39 bits per heavy atom. The van der Waals surface area contributed by atoms with Gasteiger partial charge in [-0.1, -0.05) is 0 Å². The van der Waals surface area contributed by atoms with Crippen LogP contribution in [-0.4, -0.2) is 38.5 Å². The number of methoxy groups -OCH3 is 1. The summed E-state index contributed by atoms with van der Waals surface area (Å²) in [4.78, 5) is 4.16. The van der Waals surface area contributed by atoms with Crippen molar-refractivity contribution >= 4 is 5.82 Å². The second-order valence-corrected chi connectivity index (χ2v) is 3.85. The van der Waals surface area contributed by atoms with Crippen LogP contribution in [0, 0.1) is 18.3 Å². The van der Waals surface area contributed by atoms with Crippen LogP contribution in [-0.2, 0) is 9.47 Å². The molecule has 0 aliphatic rings. The summed E-state index contributed by atoms with van der Waals surface area (Å²) in [7, 11) is 1.65. The number of hydrogen-bond donors (Lipinski definition) is 1. The van der Waals surface area contributed by atoms with Crippen molar-refractivity contribution in [1.82, 2.24) is 4.98 Å². The van der Waals surface area contributed by atoms with Gasteiger partial charge in [0.05, 0.1) is 18.8 Å². The molecule has 0 aliphatic carbocycles. The number of pyridine rings is 1. The van der Waals surface area contributed by atoms with E-state index in [0.717, 1.165) is 18.5 Å². The Bertz CT molecular complexity index is 402. The van der Waals surface area contributed by atoms with E-state index in [-0.39, 0.29) is 0 Å². The number of rotatable bonds is 8. The fraction of sp³-hybridized carbons (Fsp3) is 0.538. The Kier molecular flexibility index (Phi) is 6.77. The Morgan fingerprint density at radius 3 is 2.94 bits per heavy atom. The molecule has 5 heteroatoms. The number of aryl methyl sites for hydroxylation is 1. The smallest absolute Gasteiger partial charge is 0.144 e. The van der Waals surface area contributed by atoms with E-state index in [1.165, 1.54) is 0 Å². The molecular weight excluding hydrogens is 230 g/mol. The first-order chi connectivity index (χ1) is 8.79. The second kappa shape index (κ2) is 8.45. The molecule has 0 unspecified atom stereocenters. The molecular formula is C13H19N3O2. The van der Waals surface area contributed by atoms with Gasteiger partial charge in [0, 0.05) is 26.5 Å². The molecule has 0 saturated heterocycles. The van der Waals surface area contributed by atoms with Crippen LogP contribution in [0.15, 0.2) is 12.3 Å². The van der Waals surface area contributed by atoms with Gasteiger partial charge in [-0.3, -0.25) is 0 Å². The third kappa shape index (κ3) is 4.70. The van der Waals surface area contributed by atoms with Crippen LogP contribution in [0.5, 0.6) is 0 Å².